The number of hydrogen-bond acceptors (Lipinski definition) is 5. The van der Waals surface area contributed by atoms with E-state index in [1.165, 1.54) is 0 Å². The van der Waals surface area contributed by atoms with Crippen LogP contribution in [0, 0.1) is 0 Å². The van der Waals surface area contributed by atoms with Gasteiger partial charge in [0.25, 0.3) is 0 Å². The van der Waals surface area contributed by atoms with Gasteiger partial charge in [0.05, 0.1) is 6.61 Å². The summed E-state index contributed by atoms with van der Waals surface area (Å²) >= 11 is 0. The Morgan fingerprint density at radius 2 is 2.28 bits per heavy atom. The van der Waals surface area contributed by atoms with Crippen molar-refractivity contribution < 1.29 is 23.8 Å². The van der Waals surface area contributed by atoms with Crippen LogP contribution in [-0.2, 0) is 15.9 Å². The molecular weight excluding hydrogens is 236 g/mol. The lowest BCUT2D eigenvalue weighted by atomic mass is 9.98. The Bertz CT molecular complexity index is 480. The molecule has 0 saturated heterocycles. The number of carbonyl (C=O) groups excluding carboxylic acids is 2. The second kappa shape index (κ2) is 5.08. The number of hydrogen-bond donors (Lipinski definition) is 0. The minimum Gasteiger partial charge on any atom is -0.459 e. The highest BCUT2D eigenvalue weighted by molar-refractivity contribution is 5.95. The van der Waals surface area contributed by atoms with Crippen LogP contribution in [-0.4, -0.2) is 24.8 Å². The molecule has 0 fully saturated rings. The van der Waals surface area contributed by atoms with Gasteiger partial charge in [-0.15, -0.1) is 0 Å². The van der Waals surface area contributed by atoms with Crippen molar-refractivity contribution in [2.75, 3.05) is 6.61 Å². The van der Waals surface area contributed by atoms with Crippen molar-refractivity contribution in [3.05, 3.63) is 29.3 Å². The third-order valence-corrected chi connectivity index (χ3v) is 2.59. The van der Waals surface area contributed by atoms with Crippen LogP contribution < -0.4 is 4.74 Å². The molecule has 0 N–H and O–H groups in total. The van der Waals surface area contributed by atoms with Crippen molar-refractivity contribution in [1.82, 2.24) is 0 Å². The second-order valence-corrected chi connectivity index (χ2v) is 4.00. The van der Waals surface area contributed by atoms with Crippen LogP contribution in [0.1, 0.15) is 29.8 Å². The van der Waals surface area contributed by atoms with E-state index in [1.54, 1.807) is 19.1 Å². The summed E-state index contributed by atoms with van der Waals surface area (Å²) in [6.07, 6.45) is -0.374. The molecule has 18 heavy (non-hydrogen) atoms. The van der Waals surface area contributed by atoms with Gasteiger partial charge in [-0.3, -0.25) is 0 Å². The fourth-order valence-corrected chi connectivity index (χ4v) is 1.89. The third-order valence-electron chi connectivity index (χ3n) is 2.59. The van der Waals surface area contributed by atoms with Gasteiger partial charge in [0.15, 0.2) is 0 Å². The zero-order valence-electron chi connectivity index (χ0n) is 10.3. The number of fused-ring (bicyclic) bond motifs is 1. The summed E-state index contributed by atoms with van der Waals surface area (Å²) in [6, 6.07) is 5.11. The van der Waals surface area contributed by atoms with Gasteiger partial charge in [-0.2, -0.15) is 0 Å². The largest absolute Gasteiger partial charge is 0.513 e. The van der Waals surface area contributed by atoms with Crippen molar-refractivity contribution >= 4 is 12.1 Å². The first kappa shape index (κ1) is 12.4. The van der Waals surface area contributed by atoms with Crippen molar-refractivity contribution in [2.24, 2.45) is 0 Å². The zero-order chi connectivity index (χ0) is 13.1. The Balaban J connectivity index is 2.30. The van der Waals surface area contributed by atoms with E-state index in [1.807, 2.05) is 13.0 Å². The first-order valence-corrected chi connectivity index (χ1v) is 5.79. The van der Waals surface area contributed by atoms with Crippen molar-refractivity contribution in [1.29, 1.82) is 0 Å². The lowest BCUT2D eigenvalue weighted by Crippen LogP contribution is -2.26. The number of rotatable bonds is 2. The summed E-state index contributed by atoms with van der Waals surface area (Å²) < 4.78 is 14.8. The molecule has 0 saturated carbocycles. The van der Waals surface area contributed by atoms with Gasteiger partial charge in [-0.25, -0.2) is 9.59 Å². The van der Waals surface area contributed by atoms with E-state index in [2.05, 4.69) is 4.74 Å². The monoisotopic (exact) mass is 250 g/mol. The van der Waals surface area contributed by atoms with Gasteiger partial charge in [0, 0.05) is 6.42 Å². The van der Waals surface area contributed by atoms with E-state index >= 15 is 0 Å². The van der Waals surface area contributed by atoms with Gasteiger partial charge < -0.3 is 14.2 Å². The van der Waals surface area contributed by atoms with Crippen LogP contribution in [0.5, 0.6) is 5.75 Å². The Hall–Kier alpha value is -2.04. The topological polar surface area (TPSA) is 61.8 Å². The molecule has 2 rings (SSSR count). The molecule has 96 valence electrons. The molecule has 0 aliphatic carbocycles. The van der Waals surface area contributed by atoms with Crippen LogP contribution in [0.3, 0.4) is 0 Å². The molecule has 1 aliphatic rings. The molecule has 0 aromatic heterocycles. The molecule has 1 aromatic rings. The lowest BCUT2D eigenvalue weighted by Gasteiger charge is -2.22. The van der Waals surface area contributed by atoms with E-state index in [4.69, 9.17) is 9.47 Å². The van der Waals surface area contributed by atoms with E-state index in [-0.39, 0.29) is 18.5 Å². The van der Waals surface area contributed by atoms with Crippen molar-refractivity contribution in [2.45, 2.75) is 26.4 Å². The van der Waals surface area contributed by atoms with Crippen molar-refractivity contribution in [3.63, 3.8) is 0 Å². The predicted molar refractivity (Wildman–Crippen MR) is 62.7 cm³/mol. The Morgan fingerprint density at radius 1 is 1.50 bits per heavy atom. The minimum atomic E-state index is -0.822. The van der Waals surface area contributed by atoms with E-state index < -0.39 is 12.1 Å². The van der Waals surface area contributed by atoms with Crippen LogP contribution in [0.2, 0.25) is 0 Å². The van der Waals surface area contributed by atoms with E-state index in [0.29, 0.717) is 12.0 Å². The van der Waals surface area contributed by atoms with Gasteiger partial charge in [0.2, 0.25) is 0 Å². The van der Waals surface area contributed by atoms with Gasteiger partial charge in [-0.05, 0) is 25.5 Å². The van der Waals surface area contributed by atoms with Gasteiger partial charge in [0.1, 0.15) is 17.4 Å². The van der Waals surface area contributed by atoms with Crippen LogP contribution in [0.15, 0.2) is 18.2 Å². The van der Waals surface area contributed by atoms with Crippen molar-refractivity contribution in [3.8, 4) is 5.75 Å². The van der Waals surface area contributed by atoms with Gasteiger partial charge in [-0.1, -0.05) is 12.1 Å². The SMILES string of the molecule is CCOC(=O)Oc1cccc2c1C(=O)OC(C)C2. The molecule has 1 atom stereocenters. The van der Waals surface area contributed by atoms with Gasteiger partial charge >= 0.3 is 12.1 Å². The highest BCUT2D eigenvalue weighted by Crippen LogP contribution is 2.29. The lowest BCUT2D eigenvalue weighted by molar-refractivity contribution is 0.0295. The molecule has 1 aromatic carbocycles. The molecule has 1 aliphatic heterocycles. The molecule has 1 heterocycles. The average Bonchev–Trinajstić information content (AvgIpc) is 2.28. The summed E-state index contributed by atoms with van der Waals surface area (Å²) in [5.41, 5.74) is 1.13. The minimum absolute atomic E-state index is 0.164. The molecule has 0 spiro atoms. The number of esters is 1. The number of benzene rings is 1. The molecule has 5 nitrogen and oxygen atoms in total. The smallest absolute Gasteiger partial charge is 0.459 e. The molecule has 0 amide bonds. The summed E-state index contributed by atoms with van der Waals surface area (Å²) in [5.74, 6) is -0.286. The molecule has 0 bridgehead atoms. The summed E-state index contributed by atoms with van der Waals surface area (Å²) in [6.45, 7) is 3.71. The maximum absolute atomic E-state index is 11.8. The predicted octanol–water partition coefficient (Wildman–Crippen LogP) is 2.32. The first-order valence-electron chi connectivity index (χ1n) is 5.79. The Morgan fingerprint density at radius 3 is 3.00 bits per heavy atom. The Labute approximate surface area is 105 Å². The number of carbonyl (C=O) groups is 2. The van der Waals surface area contributed by atoms with Crippen LogP contribution >= 0.6 is 0 Å². The number of ether oxygens (including phenoxy) is 3. The zero-order valence-corrected chi connectivity index (χ0v) is 10.3. The standard InChI is InChI=1S/C13H14O5/c1-3-16-13(15)18-10-6-4-5-9-7-8(2)17-12(14)11(9)10/h4-6,8H,3,7H2,1-2H3. The summed E-state index contributed by atoms with van der Waals surface area (Å²) in [4.78, 5) is 23.1. The highest BCUT2D eigenvalue weighted by Gasteiger charge is 2.28. The molecule has 0 radical (unpaired) electrons. The van der Waals surface area contributed by atoms with E-state index in [9.17, 15) is 9.59 Å². The third kappa shape index (κ3) is 2.45. The van der Waals surface area contributed by atoms with E-state index in [0.717, 1.165) is 5.56 Å². The summed E-state index contributed by atoms with van der Waals surface area (Å²) in [7, 11) is 0. The average molecular weight is 250 g/mol. The van der Waals surface area contributed by atoms with Crippen LogP contribution in [0.4, 0.5) is 4.79 Å². The maximum atomic E-state index is 11.8. The summed E-state index contributed by atoms with van der Waals surface area (Å²) in [5, 5.41) is 0. The maximum Gasteiger partial charge on any atom is 0.513 e. The Kier molecular flexibility index (Phi) is 3.50. The second-order valence-electron chi connectivity index (χ2n) is 4.00. The molecular formula is C13H14O5. The normalized spacial score (nSPS) is 17.7. The highest BCUT2D eigenvalue weighted by atomic mass is 16.7. The first-order chi connectivity index (χ1) is 8.61. The fraction of sp³-hybridized carbons (Fsp3) is 0.385. The fourth-order valence-electron chi connectivity index (χ4n) is 1.89. The molecule has 5 heteroatoms. The van der Waals surface area contributed by atoms with Crippen LogP contribution in [0.25, 0.3) is 0 Å². The quantitative estimate of drug-likeness (QED) is 0.595. The number of cyclic esters (lactones) is 1. The molecule has 1 unspecified atom stereocenters.